The summed E-state index contributed by atoms with van der Waals surface area (Å²) in [6, 6.07) is 0. The van der Waals surface area contributed by atoms with E-state index in [9.17, 15) is 13.2 Å². The molecule has 0 aliphatic carbocycles. The zero-order valence-corrected chi connectivity index (χ0v) is 8.64. The monoisotopic (exact) mass is 235 g/mol. The van der Waals surface area contributed by atoms with Gasteiger partial charge >= 0.3 is 6.18 Å². The van der Waals surface area contributed by atoms with E-state index >= 15 is 0 Å². The number of pyridine rings is 1. The number of anilines is 2. The average Bonchev–Trinajstić information content (AvgIpc) is 2.15. The van der Waals surface area contributed by atoms with Crippen molar-refractivity contribution in [2.24, 2.45) is 0 Å². The molecular formula is C9H12F3N3O. The van der Waals surface area contributed by atoms with Crippen LogP contribution in [0, 0.1) is 0 Å². The Bertz CT molecular complexity index is 379. The highest BCUT2D eigenvalue weighted by molar-refractivity contribution is 5.62. The Kier molecular flexibility index (Phi) is 3.58. The summed E-state index contributed by atoms with van der Waals surface area (Å²) in [5.74, 6) is 0.00236. The van der Waals surface area contributed by atoms with Gasteiger partial charge in [-0.3, -0.25) is 0 Å². The van der Waals surface area contributed by atoms with Crippen molar-refractivity contribution in [2.45, 2.75) is 12.6 Å². The van der Waals surface area contributed by atoms with Crippen molar-refractivity contribution < 1.29 is 17.9 Å². The van der Waals surface area contributed by atoms with E-state index in [1.807, 2.05) is 0 Å². The highest BCUT2D eigenvalue weighted by Gasteiger charge is 2.34. The maximum absolute atomic E-state index is 12.5. The molecule has 0 saturated carbocycles. The third kappa shape index (κ3) is 2.54. The van der Waals surface area contributed by atoms with Gasteiger partial charge in [0.1, 0.15) is 5.82 Å². The van der Waals surface area contributed by atoms with Crippen LogP contribution in [0.25, 0.3) is 0 Å². The molecule has 1 aromatic rings. The van der Waals surface area contributed by atoms with Crippen LogP contribution in [-0.2, 0) is 17.3 Å². The number of ether oxygens (including phenoxy) is 1. The molecule has 1 heterocycles. The molecule has 0 fully saturated rings. The zero-order chi connectivity index (χ0) is 12.3. The molecule has 4 N–H and O–H groups in total. The van der Waals surface area contributed by atoms with E-state index in [4.69, 9.17) is 16.2 Å². The van der Waals surface area contributed by atoms with Gasteiger partial charge in [-0.2, -0.15) is 13.2 Å². The lowest BCUT2D eigenvalue weighted by molar-refractivity contribution is -0.137. The van der Waals surface area contributed by atoms with Crippen LogP contribution in [-0.4, -0.2) is 18.7 Å². The van der Waals surface area contributed by atoms with Crippen molar-refractivity contribution >= 4 is 11.5 Å². The Balaban J connectivity index is 3.16. The van der Waals surface area contributed by atoms with Crippen molar-refractivity contribution in [3.8, 4) is 0 Å². The van der Waals surface area contributed by atoms with E-state index in [-0.39, 0.29) is 30.1 Å². The fourth-order valence-corrected chi connectivity index (χ4v) is 1.27. The van der Waals surface area contributed by atoms with Crippen LogP contribution >= 0.6 is 0 Å². The summed E-state index contributed by atoms with van der Waals surface area (Å²) in [5, 5.41) is 0. The van der Waals surface area contributed by atoms with Gasteiger partial charge in [0, 0.05) is 25.3 Å². The fourth-order valence-electron chi connectivity index (χ4n) is 1.27. The third-order valence-electron chi connectivity index (χ3n) is 2.12. The first-order valence-corrected chi connectivity index (χ1v) is 4.47. The molecule has 7 heteroatoms. The van der Waals surface area contributed by atoms with Gasteiger partial charge in [-0.05, 0) is 0 Å². The van der Waals surface area contributed by atoms with Crippen molar-refractivity contribution in [3.05, 3.63) is 17.3 Å². The minimum absolute atomic E-state index is 0.00236. The van der Waals surface area contributed by atoms with E-state index in [1.165, 1.54) is 7.11 Å². The third-order valence-corrected chi connectivity index (χ3v) is 2.12. The molecule has 4 nitrogen and oxygen atoms in total. The van der Waals surface area contributed by atoms with E-state index < -0.39 is 11.7 Å². The largest absolute Gasteiger partial charge is 0.419 e. The van der Waals surface area contributed by atoms with Crippen LogP contribution in [0.5, 0.6) is 0 Å². The van der Waals surface area contributed by atoms with E-state index in [1.54, 1.807) is 0 Å². The predicted octanol–water partition coefficient (Wildman–Crippen LogP) is 1.45. The van der Waals surface area contributed by atoms with E-state index in [0.29, 0.717) is 6.20 Å². The number of nitrogen functional groups attached to an aromatic ring is 2. The Morgan fingerprint density at radius 3 is 2.50 bits per heavy atom. The maximum Gasteiger partial charge on any atom is 0.419 e. The van der Waals surface area contributed by atoms with E-state index in [0.717, 1.165) is 0 Å². The molecule has 0 aliphatic heterocycles. The fraction of sp³-hybridized carbons (Fsp3) is 0.444. The molecule has 1 rings (SSSR count). The SMILES string of the molecule is COCCc1c(N)ncc(C(F)(F)F)c1N. The number of nitrogens with two attached hydrogens (primary N) is 2. The lowest BCUT2D eigenvalue weighted by Gasteiger charge is -2.14. The second kappa shape index (κ2) is 4.56. The Morgan fingerprint density at radius 1 is 1.38 bits per heavy atom. The average molecular weight is 235 g/mol. The number of nitrogens with zero attached hydrogens (tertiary/aromatic N) is 1. The molecule has 0 spiro atoms. The Labute approximate surface area is 90.4 Å². The molecule has 0 unspecified atom stereocenters. The van der Waals surface area contributed by atoms with Crippen LogP contribution in [0.4, 0.5) is 24.7 Å². The van der Waals surface area contributed by atoms with Gasteiger partial charge in [0.15, 0.2) is 0 Å². The van der Waals surface area contributed by atoms with Gasteiger partial charge in [-0.25, -0.2) is 4.98 Å². The first-order chi connectivity index (χ1) is 7.38. The van der Waals surface area contributed by atoms with Crippen LogP contribution in [0.3, 0.4) is 0 Å². The number of alkyl halides is 3. The summed E-state index contributed by atoms with van der Waals surface area (Å²) in [6.07, 6.45) is -3.68. The molecule has 0 saturated heterocycles. The highest BCUT2D eigenvalue weighted by atomic mass is 19.4. The first-order valence-electron chi connectivity index (χ1n) is 4.47. The Morgan fingerprint density at radius 2 is 2.00 bits per heavy atom. The summed E-state index contributed by atoms with van der Waals surface area (Å²) < 4.78 is 42.2. The molecule has 0 atom stereocenters. The summed E-state index contributed by atoms with van der Waals surface area (Å²) in [4.78, 5) is 3.48. The normalized spacial score (nSPS) is 11.8. The number of hydrogen-bond donors (Lipinski definition) is 2. The zero-order valence-electron chi connectivity index (χ0n) is 8.64. The smallest absolute Gasteiger partial charge is 0.398 e. The lowest BCUT2D eigenvalue weighted by Crippen LogP contribution is -2.14. The lowest BCUT2D eigenvalue weighted by atomic mass is 10.1. The molecule has 0 aromatic carbocycles. The second-order valence-electron chi connectivity index (χ2n) is 3.19. The van der Waals surface area contributed by atoms with Crippen molar-refractivity contribution in [3.63, 3.8) is 0 Å². The van der Waals surface area contributed by atoms with Crippen LogP contribution in [0.2, 0.25) is 0 Å². The van der Waals surface area contributed by atoms with Crippen molar-refractivity contribution in [2.75, 3.05) is 25.2 Å². The molecule has 1 aromatic heterocycles. The van der Waals surface area contributed by atoms with Gasteiger partial charge in [-0.1, -0.05) is 0 Å². The standard InChI is InChI=1S/C9H12F3N3O/c1-16-3-2-5-7(13)6(9(10,11)12)4-15-8(5)14/h4H,2-3H2,1H3,(H4,13,14,15). The van der Waals surface area contributed by atoms with Crippen molar-refractivity contribution in [1.29, 1.82) is 0 Å². The minimum Gasteiger partial charge on any atom is -0.398 e. The van der Waals surface area contributed by atoms with Crippen molar-refractivity contribution in [1.82, 2.24) is 4.98 Å². The number of halogens is 3. The number of methoxy groups -OCH3 is 1. The molecule has 0 bridgehead atoms. The highest BCUT2D eigenvalue weighted by Crippen LogP contribution is 2.35. The first kappa shape index (κ1) is 12.6. The van der Waals surface area contributed by atoms with Gasteiger partial charge in [-0.15, -0.1) is 0 Å². The Hall–Kier alpha value is -1.50. The second-order valence-corrected chi connectivity index (χ2v) is 3.19. The molecule has 0 amide bonds. The summed E-state index contributed by atoms with van der Waals surface area (Å²) in [7, 11) is 1.44. The summed E-state index contributed by atoms with van der Waals surface area (Å²) >= 11 is 0. The van der Waals surface area contributed by atoms with Gasteiger partial charge < -0.3 is 16.2 Å². The predicted molar refractivity (Wildman–Crippen MR) is 53.6 cm³/mol. The molecular weight excluding hydrogens is 223 g/mol. The molecule has 90 valence electrons. The summed E-state index contributed by atoms with van der Waals surface area (Å²) in [5.41, 5.74) is 9.71. The quantitative estimate of drug-likeness (QED) is 0.831. The molecule has 0 aliphatic rings. The van der Waals surface area contributed by atoms with Crippen LogP contribution < -0.4 is 11.5 Å². The van der Waals surface area contributed by atoms with E-state index in [2.05, 4.69) is 4.98 Å². The van der Waals surface area contributed by atoms with Crippen LogP contribution in [0.15, 0.2) is 6.20 Å². The molecule has 0 radical (unpaired) electrons. The van der Waals surface area contributed by atoms with Gasteiger partial charge in [0.2, 0.25) is 0 Å². The van der Waals surface area contributed by atoms with Gasteiger partial charge in [0.25, 0.3) is 0 Å². The molecule has 16 heavy (non-hydrogen) atoms. The number of rotatable bonds is 3. The number of hydrogen-bond acceptors (Lipinski definition) is 4. The summed E-state index contributed by atoms with van der Waals surface area (Å²) in [6.45, 7) is 0.234. The van der Waals surface area contributed by atoms with Crippen LogP contribution in [0.1, 0.15) is 11.1 Å². The number of aromatic nitrogens is 1. The maximum atomic E-state index is 12.5. The topological polar surface area (TPSA) is 74.2 Å². The van der Waals surface area contributed by atoms with Gasteiger partial charge in [0.05, 0.1) is 17.9 Å². The minimum atomic E-state index is -4.52.